The van der Waals surface area contributed by atoms with Crippen LogP contribution in [-0.4, -0.2) is 22.6 Å². The zero-order valence-electron chi connectivity index (χ0n) is 10.5. The zero-order chi connectivity index (χ0) is 13.6. The van der Waals surface area contributed by atoms with Crippen LogP contribution in [-0.2, 0) is 12.7 Å². The van der Waals surface area contributed by atoms with Crippen LogP contribution in [0.5, 0.6) is 5.75 Å². The molecule has 1 aliphatic heterocycles. The third-order valence-corrected chi connectivity index (χ3v) is 4.27. The predicted molar refractivity (Wildman–Crippen MR) is 64.6 cm³/mol. The summed E-state index contributed by atoms with van der Waals surface area (Å²) >= 11 is 0. The Bertz CT molecular complexity index is 486. The molecule has 2 atom stereocenters. The van der Waals surface area contributed by atoms with Crippen molar-refractivity contribution in [3.63, 3.8) is 0 Å². The van der Waals surface area contributed by atoms with Crippen molar-refractivity contribution in [2.45, 2.75) is 38.0 Å². The largest absolute Gasteiger partial charge is 0.507 e. The Morgan fingerprint density at radius 2 is 2.05 bits per heavy atom. The van der Waals surface area contributed by atoms with E-state index in [1.165, 1.54) is 12.8 Å². The number of phenols is 1. The Hall–Kier alpha value is -1.23. The van der Waals surface area contributed by atoms with E-state index in [1.54, 1.807) is 6.07 Å². The first kappa shape index (κ1) is 12.8. The van der Waals surface area contributed by atoms with Gasteiger partial charge in [-0.15, -0.1) is 0 Å². The SMILES string of the molecule is Oc1ccc(CN2CC3CCC2C3)cc1C(F)(F)F. The van der Waals surface area contributed by atoms with E-state index in [0.717, 1.165) is 31.0 Å². The lowest BCUT2D eigenvalue weighted by atomic mass is 10.1. The van der Waals surface area contributed by atoms with Gasteiger partial charge in [0.05, 0.1) is 5.56 Å². The molecule has 1 saturated heterocycles. The van der Waals surface area contributed by atoms with Gasteiger partial charge in [-0.2, -0.15) is 13.2 Å². The molecule has 1 aromatic carbocycles. The molecule has 0 aromatic heterocycles. The topological polar surface area (TPSA) is 23.5 Å². The first-order valence-electron chi connectivity index (χ1n) is 6.56. The van der Waals surface area contributed by atoms with Gasteiger partial charge in [0.1, 0.15) is 5.75 Å². The molecule has 2 nitrogen and oxygen atoms in total. The molecule has 1 saturated carbocycles. The molecule has 0 radical (unpaired) electrons. The minimum Gasteiger partial charge on any atom is -0.507 e. The highest BCUT2D eigenvalue weighted by atomic mass is 19.4. The number of benzene rings is 1. The van der Waals surface area contributed by atoms with Crippen LogP contribution < -0.4 is 0 Å². The maximum Gasteiger partial charge on any atom is 0.419 e. The molecule has 0 amide bonds. The normalized spacial score (nSPS) is 27.1. The van der Waals surface area contributed by atoms with Crippen molar-refractivity contribution in [3.05, 3.63) is 29.3 Å². The standard InChI is InChI=1S/C14H16F3NO/c15-14(16,17)12-6-10(2-4-13(12)19)8-18-7-9-1-3-11(18)5-9/h2,4,6,9,11,19H,1,3,5,7-8H2. The number of likely N-dealkylation sites (tertiary alicyclic amines) is 1. The summed E-state index contributed by atoms with van der Waals surface area (Å²) in [5, 5.41) is 9.30. The van der Waals surface area contributed by atoms with Gasteiger partial charge in [-0.1, -0.05) is 6.07 Å². The van der Waals surface area contributed by atoms with Gasteiger partial charge in [0.15, 0.2) is 0 Å². The number of aromatic hydroxyl groups is 1. The maximum atomic E-state index is 12.7. The van der Waals surface area contributed by atoms with E-state index in [1.807, 2.05) is 0 Å². The summed E-state index contributed by atoms with van der Waals surface area (Å²) in [7, 11) is 0. The van der Waals surface area contributed by atoms with Crippen molar-refractivity contribution in [3.8, 4) is 5.75 Å². The highest BCUT2D eigenvalue weighted by Gasteiger charge is 2.38. The van der Waals surface area contributed by atoms with Gasteiger partial charge in [-0.25, -0.2) is 0 Å². The van der Waals surface area contributed by atoms with Crippen molar-refractivity contribution < 1.29 is 18.3 Å². The number of hydrogen-bond donors (Lipinski definition) is 1. The number of fused-ring (bicyclic) bond motifs is 2. The minimum atomic E-state index is -4.50. The van der Waals surface area contributed by atoms with Crippen LogP contribution in [0, 0.1) is 5.92 Å². The number of hydrogen-bond acceptors (Lipinski definition) is 2. The van der Waals surface area contributed by atoms with E-state index in [9.17, 15) is 18.3 Å². The number of halogens is 3. The Morgan fingerprint density at radius 3 is 2.63 bits per heavy atom. The summed E-state index contributed by atoms with van der Waals surface area (Å²) in [6.45, 7) is 1.54. The Kier molecular flexibility index (Phi) is 2.96. The summed E-state index contributed by atoms with van der Waals surface area (Å²) in [5.41, 5.74) is -0.313. The molecule has 1 aromatic rings. The lowest BCUT2D eigenvalue weighted by Crippen LogP contribution is -2.31. The monoisotopic (exact) mass is 271 g/mol. The zero-order valence-corrected chi connectivity index (χ0v) is 10.5. The molecular formula is C14H16F3NO. The summed E-state index contributed by atoms with van der Waals surface area (Å²) in [6.07, 6.45) is -0.895. The van der Waals surface area contributed by atoms with Gasteiger partial charge < -0.3 is 5.11 Å². The lowest BCUT2D eigenvalue weighted by Gasteiger charge is -2.27. The second-order valence-electron chi connectivity index (χ2n) is 5.61. The number of piperidine rings is 1. The molecule has 2 unspecified atom stereocenters. The van der Waals surface area contributed by atoms with Gasteiger partial charge >= 0.3 is 6.18 Å². The van der Waals surface area contributed by atoms with Crippen LogP contribution >= 0.6 is 0 Å². The number of rotatable bonds is 2. The fraction of sp³-hybridized carbons (Fsp3) is 0.571. The quantitative estimate of drug-likeness (QED) is 0.891. The van der Waals surface area contributed by atoms with Crippen LogP contribution in [0.4, 0.5) is 13.2 Å². The Balaban J connectivity index is 1.78. The van der Waals surface area contributed by atoms with E-state index >= 15 is 0 Å². The van der Waals surface area contributed by atoms with Gasteiger partial charge in [-0.3, -0.25) is 4.90 Å². The second kappa shape index (κ2) is 4.40. The highest BCUT2D eigenvalue weighted by Crippen LogP contribution is 2.39. The van der Waals surface area contributed by atoms with Gasteiger partial charge in [0.25, 0.3) is 0 Å². The molecule has 1 heterocycles. The van der Waals surface area contributed by atoms with E-state index in [4.69, 9.17) is 0 Å². The average Bonchev–Trinajstić information content (AvgIpc) is 2.92. The Labute approximate surface area is 109 Å². The first-order valence-corrected chi connectivity index (χ1v) is 6.56. The second-order valence-corrected chi connectivity index (χ2v) is 5.61. The van der Waals surface area contributed by atoms with E-state index < -0.39 is 17.5 Å². The molecule has 19 heavy (non-hydrogen) atoms. The molecule has 3 rings (SSSR count). The van der Waals surface area contributed by atoms with Crippen molar-refractivity contribution in [1.82, 2.24) is 4.90 Å². The van der Waals surface area contributed by atoms with Gasteiger partial charge in [-0.05, 0) is 42.9 Å². The smallest absolute Gasteiger partial charge is 0.419 e. The molecule has 2 bridgehead atoms. The summed E-state index contributed by atoms with van der Waals surface area (Å²) < 4.78 is 38.2. The minimum absolute atomic E-state index is 0.535. The van der Waals surface area contributed by atoms with Crippen molar-refractivity contribution in [2.24, 2.45) is 5.92 Å². The third kappa shape index (κ3) is 2.43. The fourth-order valence-electron chi connectivity index (χ4n) is 3.36. The number of nitrogens with zero attached hydrogens (tertiary/aromatic N) is 1. The van der Waals surface area contributed by atoms with Crippen LogP contribution in [0.3, 0.4) is 0 Å². The highest BCUT2D eigenvalue weighted by molar-refractivity contribution is 5.38. The molecule has 0 spiro atoms. The molecular weight excluding hydrogens is 255 g/mol. The third-order valence-electron chi connectivity index (χ3n) is 4.27. The van der Waals surface area contributed by atoms with Crippen molar-refractivity contribution >= 4 is 0 Å². The van der Waals surface area contributed by atoms with E-state index in [0.29, 0.717) is 18.2 Å². The Morgan fingerprint density at radius 1 is 1.26 bits per heavy atom. The molecule has 2 fully saturated rings. The molecule has 1 N–H and O–H groups in total. The average molecular weight is 271 g/mol. The molecule has 5 heteroatoms. The van der Waals surface area contributed by atoms with E-state index in [-0.39, 0.29) is 0 Å². The van der Waals surface area contributed by atoms with Crippen LogP contribution in [0.25, 0.3) is 0 Å². The van der Waals surface area contributed by atoms with Crippen LogP contribution in [0.1, 0.15) is 30.4 Å². The van der Waals surface area contributed by atoms with Crippen molar-refractivity contribution in [1.29, 1.82) is 0 Å². The predicted octanol–water partition coefficient (Wildman–Crippen LogP) is 3.40. The van der Waals surface area contributed by atoms with Crippen LogP contribution in [0.15, 0.2) is 18.2 Å². The lowest BCUT2D eigenvalue weighted by molar-refractivity contribution is -0.138. The first-order chi connectivity index (χ1) is 8.93. The number of alkyl halides is 3. The van der Waals surface area contributed by atoms with Gasteiger partial charge in [0, 0.05) is 19.1 Å². The maximum absolute atomic E-state index is 12.7. The molecule has 1 aliphatic carbocycles. The summed E-state index contributed by atoms with van der Waals surface area (Å²) in [5.74, 6) is 0.0309. The van der Waals surface area contributed by atoms with E-state index in [2.05, 4.69) is 4.90 Å². The molecule has 104 valence electrons. The molecule has 2 aliphatic rings. The van der Waals surface area contributed by atoms with Crippen molar-refractivity contribution in [2.75, 3.05) is 6.54 Å². The number of phenolic OH excluding ortho intramolecular Hbond substituents is 1. The fourth-order valence-corrected chi connectivity index (χ4v) is 3.36. The summed E-state index contributed by atoms with van der Waals surface area (Å²) in [4.78, 5) is 2.26. The van der Waals surface area contributed by atoms with Crippen LogP contribution in [0.2, 0.25) is 0 Å². The van der Waals surface area contributed by atoms with Gasteiger partial charge in [0.2, 0.25) is 0 Å². The summed E-state index contributed by atoms with van der Waals surface area (Å²) in [6, 6.07) is 4.33.